The average molecular weight is 304 g/mol. The average Bonchev–Trinajstić information content (AvgIpc) is 2.35. The number of carbonyl (C=O) groups is 1. The first-order chi connectivity index (χ1) is 8.65. The summed E-state index contributed by atoms with van der Waals surface area (Å²) in [6.45, 7) is 1.98. The van der Waals surface area contributed by atoms with Crippen molar-refractivity contribution in [2.75, 3.05) is 5.32 Å². The van der Waals surface area contributed by atoms with E-state index in [9.17, 15) is 4.79 Å². The van der Waals surface area contributed by atoms with Gasteiger partial charge >= 0.3 is 0 Å². The van der Waals surface area contributed by atoms with Crippen molar-refractivity contribution < 1.29 is 4.79 Å². The molecule has 18 heavy (non-hydrogen) atoms. The van der Waals surface area contributed by atoms with E-state index in [1.807, 2.05) is 55.5 Å². The van der Waals surface area contributed by atoms with Crippen LogP contribution in [0.1, 0.15) is 11.1 Å². The largest absolute Gasteiger partial charge is 0.326 e. The van der Waals surface area contributed by atoms with E-state index in [0.29, 0.717) is 6.42 Å². The maximum Gasteiger partial charge on any atom is 0.228 e. The van der Waals surface area contributed by atoms with Crippen LogP contribution in [0.5, 0.6) is 0 Å². The van der Waals surface area contributed by atoms with Crippen molar-refractivity contribution in [3.8, 4) is 0 Å². The molecule has 2 aromatic rings. The Morgan fingerprint density at radius 3 is 2.61 bits per heavy atom. The zero-order valence-electron chi connectivity index (χ0n) is 10.1. The molecule has 2 nitrogen and oxygen atoms in total. The first kappa shape index (κ1) is 12.8. The van der Waals surface area contributed by atoms with Crippen molar-refractivity contribution in [1.82, 2.24) is 0 Å². The van der Waals surface area contributed by atoms with E-state index >= 15 is 0 Å². The molecule has 0 radical (unpaired) electrons. The zero-order chi connectivity index (χ0) is 13.0. The smallest absolute Gasteiger partial charge is 0.228 e. The van der Waals surface area contributed by atoms with Gasteiger partial charge in [-0.1, -0.05) is 52.3 Å². The van der Waals surface area contributed by atoms with E-state index in [1.165, 1.54) is 0 Å². The minimum Gasteiger partial charge on any atom is -0.326 e. The maximum atomic E-state index is 11.9. The van der Waals surface area contributed by atoms with Crippen molar-refractivity contribution in [1.29, 1.82) is 0 Å². The van der Waals surface area contributed by atoms with Crippen LogP contribution in [-0.2, 0) is 11.2 Å². The highest BCUT2D eigenvalue weighted by Gasteiger charge is 2.06. The van der Waals surface area contributed by atoms with Gasteiger partial charge in [0.2, 0.25) is 5.91 Å². The first-order valence-electron chi connectivity index (χ1n) is 5.75. The third kappa shape index (κ3) is 3.44. The third-order valence-electron chi connectivity index (χ3n) is 2.68. The summed E-state index contributed by atoms with van der Waals surface area (Å²) in [5.74, 6) is 0.00222. The zero-order valence-corrected chi connectivity index (χ0v) is 11.7. The molecule has 1 amide bonds. The van der Waals surface area contributed by atoms with E-state index < -0.39 is 0 Å². The van der Waals surface area contributed by atoms with Gasteiger partial charge in [-0.3, -0.25) is 4.79 Å². The standard InChI is InChI=1S/C15H14BrNO/c1-11-7-8-13(16)10-14(11)17-15(18)9-12-5-3-2-4-6-12/h2-8,10H,9H2,1H3,(H,17,18). The highest BCUT2D eigenvalue weighted by molar-refractivity contribution is 9.10. The number of aryl methyl sites for hydroxylation is 1. The summed E-state index contributed by atoms with van der Waals surface area (Å²) in [5, 5.41) is 2.93. The molecule has 0 spiro atoms. The summed E-state index contributed by atoms with van der Waals surface area (Å²) in [4.78, 5) is 11.9. The summed E-state index contributed by atoms with van der Waals surface area (Å²) < 4.78 is 0.961. The molecular weight excluding hydrogens is 290 g/mol. The van der Waals surface area contributed by atoms with E-state index in [2.05, 4.69) is 21.2 Å². The summed E-state index contributed by atoms with van der Waals surface area (Å²) in [6.07, 6.45) is 0.396. The van der Waals surface area contributed by atoms with Gasteiger partial charge in [0.05, 0.1) is 6.42 Å². The molecular formula is C15H14BrNO. The van der Waals surface area contributed by atoms with E-state index in [0.717, 1.165) is 21.3 Å². The minimum absolute atomic E-state index is 0.00222. The fraction of sp³-hybridized carbons (Fsp3) is 0.133. The number of carbonyl (C=O) groups excluding carboxylic acids is 1. The van der Waals surface area contributed by atoms with Crippen molar-refractivity contribution in [2.24, 2.45) is 0 Å². The molecule has 0 aliphatic heterocycles. The summed E-state index contributed by atoms with van der Waals surface area (Å²) >= 11 is 3.40. The normalized spacial score (nSPS) is 10.1. The lowest BCUT2D eigenvalue weighted by molar-refractivity contribution is -0.115. The number of anilines is 1. The summed E-state index contributed by atoms with van der Waals surface area (Å²) in [5.41, 5.74) is 2.92. The number of hydrogen-bond donors (Lipinski definition) is 1. The van der Waals surface area contributed by atoms with Crippen LogP contribution in [0.3, 0.4) is 0 Å². The number of rotatable bonds is 3. The SMILES string of the molecule is Cc1ccc(Br)cc1NC(=O)Cc1ccccc1. The molecule has 0 saturated heterocycles. The van der Waals surface area contributed by atoms with Gasteiger partial charge in [0.25, 0.3) is 0 Å². The van der Waals surface area contributed by atoms with Crippen molar-refractivity contribution in [2.45, 2.75) is 13.3 Å². The van der Waals surface area contributed by atoms with Gasteiger partial charge in [-0.15, -0.1) is 0 Å². The third-order valence-corrected chi connectivity index (χ3v) is 3.17. The van der Waals surface area contributed by atoms with Gasteiger partial charge in [0.1, 0.15) is 0 Å². The Morgan fingerprint density at radius 1 is 1.17 bits per heavy atom. The van der Waals surface area contributed by atoms with Crippen LogP contribution in [0, 0.1) is 6.92 Å². The lowest BCUT2D eigenvalue weighted by Gasteiger charge is -2.08. The van der Waals surface area contributed by atoms with E-state index in [1.54, 1.807) is 0 Å². The molecule has 0 aliphatic rings. The Labute approximate surface area is 115 Å². The molecule has 2 aromatic carbocycles. The summed E-state index contributed by atoms with van der Waals surface area (Å²) in [6, 6.07) is 15.6. The van der Waals surface area contributed by atoms with Crippen LogP contribution in [0.4, 0.5) is 5.69 Å². The molecule has 2 rings (SSSR count). The first-order valence-corrected chi connectivity index (χ1v) is 6.54. The lowest BCUT2D eigenvalue weighted by atomic mass is 10.1. The molecule has 1 N–H and O–H groups in total. The van der Waals surface area contributed by atoms with Crippen LogP contribution >= 0.6 is 15.9 Å². The molecule has 0 aliphatic carbocycles. The Kier molecular flexibility index (Phi) is 4.15. The predicted molar refractivity (Wildman–Crippen MR) is 77.7 cm³/mol. The van der Waals surface area contributed by atoms with Crippen LogP contribution < -0.4 is 5.32 Å². The Bertz CT molecular complexity index is 552. The molecule has 0 bridgehead atoms. The van der Waals surface area contributed by atoms with Gasteiger partial charge < -0.3 is 5.32 Å². The van der Waals surface area contributed by atoms with E-state index in [4.69, 9.17) is 0 Å². The highest BCUT2D eigenvalue weighted by Crippen LogP contribution is 2.20. The van der Waals surface area contributed by atoms with Crippen LogP contribution in [0.15, 0.2) is 53.0 Å². The predicted octanol–water partition coefficient (Wildman–Crippen LogP) is 3.94. The molecule has 0 atom stereocenters. The summed E-state index contributed by atoms with van der Waals surface area (Å²) in [7, 11) is 0. The lowest BCUT2D eigenvalue weighted by Crippen LogP contribution is -2.15. The monoisotopic (exact) mass is 303 g/mol. The fourth-order valence-electron chi connectivity index (χ4n) is 1.70. The van der Waals surface area contributed by atoms with E-state index in [-0.39, 0.29) is 5.91 Å². The highest BCUT2D eigenvalue weighted by atomic mass is 79.9. The molecule has 3 heteroatoms. The molecule has 0 aromatic heterocycles. The second-order valence-corrected chi connectivity index (χ2v) is 5.09. The van der Waals surface area contributed by atoms with Crippen LogP contribution in [-0.4, -0.2) is 5.91 Å². The number of amides is 1. The number of hydrogen-bond acceptors (Lipinski definition) is 1. The van der Waals surface area contributed by atoms with Crippen molar-refractivity contribution in [3.05, 3.63) is 64.1 Å². The number of nitrogens with one attached hydrogen (secondary N) is 1. The molecule has 0 fully saturated rings. The Hall–Kier alpha value is -1.61. The quantitative estimate of drug-likeness (QED) is 0.914. The van der Waals surface area contributed by atoms with Gasteiger partial charge in [0.15, 0.2) is 0 Å². The topological polar surface area (TPSA) is 29.1 Å². The van der Waals surface area contributed by atoms with Gasteiger partial charge in [0, 0.05) is 10.2 Å². The second-order valence-electron chi connectivity index (χ2n) is 4.17. The molecule has 0 unspecified atom stereocenters. The Balaban J connectivity index is 2.05. The molecule has 0 saturated carbocycles. The van der Waals surface area contributed by atoms with Crippen LogP contribution in [0.25, 0.3) is 0 Å². The minimum atomic E-state index is 0.00222. The van der Waals surface area contributed by atoms with Crippen molar-refractivity contribution in [3.63, 3.8) is 0 Å². The molecule has 92 valence electrons. The number of halogens is 1. The Morgan fingerprint density at radius 2 is 1.89 bits per heavy atom. The van der Waals surface area contributed by atoms with Gasteiger partial charge in [-0.25, -0.2) is 0 Å². The fourth-order valence-corrected chi connectivity index (χ4v) is 2.07. The van der Waals surface area contributed by atoms with Crippen LogP contribution in [0.2, 0.25) is 0 Å². The number of benzene rings is 2. The molecule has 0 heterocycles. The van der Waals surface area contributed by atoms with Gasteiger partial charge in [-0.05, 0) is 30.2 Å². The van der Waals surface area contributed by atoms with Crippen molar-refractivity contribution >= 4 is 27.5 Å². The maximum absolute atomic E-state index is 11.9. The van der Waals surface area contributed by atoms with Gasteiger partial charge in [-0.2, -0.15) is 0 Å². The second kappa shape index (κ2) is 5.83.